The number of halogens is 5. The van der Waals surface area contributed by atoms with E-state index in [0.29, 0.717) is 18.5 Å². The van der Waals surface area contributed by atoms with Crippen LogP contribution in [0.25, 0.3) is 0 Å². The first kappa shape index (κ1) is 34.8. The molecule has 0 aromatic heterocycles. The first-order valence-electron chi connectivity index (χ1n) is 14.2. The molecule has 3 aromatic carbocycles. The number of hydrogen-bond acceptors (Lipinski definition) is 6. The second kappa shape index (κ2) is 13.7. The Morgan fingerprint density at radius 3 is 1.93 bits per heavy atom. The number of sulfonamides is 1. The molecule has 1 saturated carbocycles. The second-order valence-corrected chi connectivity index (χ2v) is 13.0. The van der Waals surface area contributed by atoms with Gasteiger partial charge in [0.25, 0.3) is 0 Å². The smallest absolute Gasteiger partial charge is 0.339 e. The van der Waals surface area contributed by atoms with Crippen molar-refractivity contribution in [1.29, 1.82) is 0 Å². The Balaban J connectivity index is 1.78. The number of carbonyl (C=O) groups excluding carboxylic acids is 1. The third-order valence-corrected chi connectivity index (χ3v) is 9.95. The summed E-state index contributed by atoms with van der Waals surface area (Å²) in [6, 6.07) is 7.97. The zero-order valence-electron chi connectivity index (χ0n) is 24.7. The summed E-state index contributed by atoms with van der Waals surface area (Å²) < 4.78 is 97.4. The van der Waals surface area contributed by atoms with Crippen LogP contribution in [0.1, 0.15) is 66.4 Å². The molecule has 1 amide bonds. The summed E-state index contributed by atoms with van der Waals surface area (Å²) in [6.45, 7) is 0.643. The largest absolute Gasteiger partial charge is 0.507 e. The Morgan fingerprint density at radius 2 is 1.43 bits per heavy atom. The Bertz CT molecular complexity index is 1720. The molecule has 2 atom stereocenters. The van der Waals surface area contributed by atoms with Gasteiger partial charge in [0.05, 0.1) is 12.6 Å². The van der Waals surface area contributed by atoms with Crippen molar-refractivity contribution >= 4 is 27.6 Å². The van der Waals surface area contributed by atoms with Gasteiger partial charge in [-0.2, -0.15) is 4.31 Å². The van der Waals surface area contributed by atoms with Crippen LogP contribution in [-0.2, 0) is 21.4 Å². The molecule has 3 N–H and O–H groups in total. The number of carbonyl (C=O) groups is 2. The molecular formula is C31H31F5N2O7S. The Hall–Kier alpha value is -4.08. The Kier molecular flexibility index (Phi) is 10.4. The minimum atomic E-state index is -5.68. The third kappa shape index (κ3) is 6.71. The standard InChI is InChI=1S/C31H31F5N2O7S/c1-16(39)28(37(2)46(44,45)29-26(35)24(33)23(32)25(34)27(29)36)30(41)38(20-12-13-21(31(42)43)22(40)14-20)15-17-8-10-19(11-9-17)18-6-4-3-5-7-18/h8-14,16,18,28,39-40H,3-7,15H2,1-2H3,(H,42,43)/t16-,28+/m0/s1. The van der Waals surface area contributed by atoms with E-state index in [-0.39, 0.29) is 16.5 Å². The highest BCUT2D eigenvalue weighted by Crippen LogP contribution is 2.34. The molecule has 0 spiro atoms. The number of aliphatic hydroxyl groups is 1. The van der Waals surface area contributed by atoms with E-state index < -0.39 is 79.3 Å². The van der Waals surface area contributed by atoms with Gasteiger partial charge in [-0.3, -0.25) is 4.79 Å². The van der Waals surface area contributed by atoms with E-state index in [1.807, 2.05) is 12.1 Å². The van der Waals surface area contributed by atoms with Crippen LogP contribution in [0.3, 0.4) is 0 Å². The first-order valence-corrected chi connectivity index (χ1v) is 15.7. The van der Waals surface area contributed by atoms with Crippen LogP contribution in [0.15, 0.2) is 47.4 Å². The maximum Gasteiger partial charge on any atom is 0.339 e. The summed E-state index contributed by atoms with van der Waals surface area (Å²) in [5.74, 6) is -16.1. The number of benzene rings is 3. The van der Waals surface area contributed by atoms with E-state index in [1.54, 1.807) is 12.1 Å². The number of carboxylic acids is 1. The topological polar surface area (TPSA) is 135 Å². The van der Waals surface area contributed by atoms with Gasteiger partial charge in [0.2, 0.25) is 21.7 Å². The summed E-state index contributed by atoms with van der Waals surface area (Å²) in [7, 11) is -5.07. The number of likely N-dealkylation sites (N-methyl/N-ethyl adjacent to an activating group) is 1. The highest BCUT2D eigenvalue weighted by molar-refractivity contribution is 7.89. The van der Waals surface area contributed by atoms with Crippen LogP contribution >= 0.6 is 0 Å². The number of anilines is 1. The van der Waals surface area contributed by atoms with Gasteiger partial charge in [0.15, 0.2) is 28.2 Å². The average Bonchev–Trinajstić information content (AvgIpc) is 3.02. The fraction of sp³-hybridized carbons (Fsp3) is 0.355. The first-order chi connectivity index (χ1) is 21.6. The normalized spacial score (nSPS) is 15.5. The van der Waals surface area contributed by atoms with Gasteiger partial charge >= 0.3 is 5.97 Å². The predicted octanol–water partition coefficient (Wildman–Crippen LogP) is 5.44. The number of rotatable bonds is 10. The number of amides is 1. The fourth-order valence-corrected chi connectivity index (χ4v) is 7.09. The van der Waals surface area contributed by atoms with Crippen molar-refractivity contribution in [3.8, 4) is 5.75 Å². The molecule has 1 aliphatic rings. The number of hydrogen-bond donors (Lipinski definition) is 3. The SMILES string of the molecule is C[C@H](O)[C@H](C(=O)N(Cc1ccc(C2CCCCC2)cc1)c1ccc(C(=O)O)c(O)c1)N(C)S(=O)(=O)c1c(F)c(F)c(F)c(F)c1F. The molecule has 3 aromatic rings. The summed E-state index contributed by atoms with van der Waals surface area (Å²) in [4.78, 5) is 24.2. The summed E-state index contributed by atoms with van der Waals surface area (Å²) in [5.41, 5.74) is 0.882. The number of aliphatic hydroxyl groups excluding tert-OH is 1. The molecule has 15 heteroatoms. The van der Waals surface area contributed by atoms with E-state index in [1.165, 1.54) is 0 Å². The van der Waals surface area contributed by atoms with E-state index >= 15 is 0 Å². The summed E-state index contributed by atoms with van der Waals surface area (Å²) >= 11 is 0. The molecule has 248 valence electrons. The predicted molar refractivity (Wildman–Crippen MR) is 155 cm³/mol. The molecule has 1 aliphatic carbocycles. The lowest BCUT2D eigenvalue weighted by atomic mass is 9.84. The van der Waals surface area contributed by atoms with Crippen molar-refractivity contribution in [2.24, 2.45) is 0 Å². The van der Waals surface area contributed by atoms with Crippen LogP contribution in [0.4, 0.5) is 27.6 Å². The highest BCUT2D eigenvalue weighted by Gasteiger charge is 2.43. The van der Waals surface area contributed by atoms with Crippen molar-refractivity contribution in [1.82, 2.24) is 4.31 Å². The zero-order valence-corrected chi connectivity index (χ0v) is 25.5. The van der Waals surface area contributed by atoms with E-state index in [9.17, 15) is 55.3 Å². The average molecular weight is 671 g/mol. The minimum absolute atomic E-state index is 0.0110. The molecule has 46 heavy (non-hydrogen) atoms. The van der Waals surface area contributed by atoms with E-state index in [2.05, 4.69) is 0 Å². The number of aromatic hydroxyl groups is 1. The molecule has 0 saturated heterocycles. The molecule has 0 aliphatic heterocycles. The Labute approximate surface area is 261 Å². The van der Waals surface area contributed by atoms with Crippen LogP contribution in [-0.4, -0.2) is 59.1 Å². The van der Waals surface area contributed by atoms with Crippen LogP contribution in [0.2, 0.25) is 0 Å². The quantitative estimate of drug-likeness (QED) is 0.149. The maximum atomic E-state index is 14.6. The molecular weight excluding hydrogens is 639 g/mol. The lowest BCUT2D eigenvalue weighted by molar-refractivity contribution is -0.125. The molecule has 0 radical (unpaired) electrons. The summed E-state index contributed by atoms with van der Waals surface area (Å²) in [6.07, 6.45) is 3.44. The minimum Gasteiger partial charge on any atom is -0.507 e. The van der Waals surface area contributed by atoms with Gasteiger partial charge in [-0.25, -0.2) is 35.2 Å². The molecule has 0 heterocycles. The number of nitrogens with zero attached hydrogens (tertiary/aromatic N) is 2. The molecule has 9 nitrogen and oxygen atoms in total. The van der Waals surface area contributed by atoms with Gasteiger partial charge in [-0.05, 0) is 48.9 Å². The fourth-order valence-electron chi connectivity index (χ4n) is 5.61. The molecule has 0 unspecified atom stereocenters. The van der Waals surface area contributed by atoms with Gasteiger partial charge < -0.3 is 20.2 Å². The van der Waals surface area contributed by atoms with Crippen LogP contribution < -0.4 is 4.90 Å². The number of aromatic carboxylic acids is 1. The molecule has 1 fully saturated rings. The highest BCUT2D eigenvalue weighted by atomic mass is 32.2. The zero-order chi connectivity index (χ0) is 34.1. The van der Waals surface area contributed by atoms with Crippen LogP contribution in [0.5, 0.6) is 5.75 Å². The van der Waals surface area contributed by atoms with Gasteiger partial charge in [0, 0.05) is 18.8 Å². The van der Waals surface area contributed by atoms with Crippen molar-refractivity contribution in [2.75, 3.05) is 11.9 Å². The van der Waals surface area contributed by atoms with Crippen molar-refractivity contribution in [2.45, 2.75) is 68.5 Å². The number of phenols is 1. The maximum absolute atomic E-state index is 14.6. The summed E-state index contributed by atoms with van der Waals surface area (Å²) in [5, 5.41) is 30.3. The molecule has 4 rings (SSSR count). The molecule has 0 bridgehead atoms. The van der Waals surface area contributed by atoms with Gasteiger partial charge in [-0.15, -0.1) is 0 Å². The van der Waals surface area contributed by atoms with Crippen molar-refractivity contribution in [3.05, 3.63) is 88.2 Å². The van der Waals surface area contributed by atoms with Crippen molar-refractivity contribution in [3.63, 3.8) is 0 Å². The van der Waals surface area contributed by atoms with Crippen LogP contribution in [0, 0.1) is 29.1 Å². The monoisotopic (exact) mass is 670 g/mol. The third-order valence-electron chi connectivity index (χ3n) is 8.09. The Morgan fingerprint density at radius 1 is 0.891 bits per heavy atom. The van der Waals surface area contributed by atoms with E-state index in [4.69, 9.17) is 0 Å². The van der Waals surface area contributed by atoms with E-state index in [0.717, 1.165) is 67.7 Å². The lowest BCUT2D eigenvalue weighted by Gasteiger charge is -2.34. The van der Waals surface area contributed by atoms with Gasteiger partial charge in [0.1, 0.15) is 17.4 Å². The van der Waals surface area contributed by atoms with Gasteiger partial charge in [-0.1, -0.05) is 43.5 Å². The van der Waals surface area contributed by atoms with Crippen molar-refractivity contribution < 1.29 is 55.3 Å². The second-order valence-electron chi connectivity index (χ2n) is 11.1. The lowest BCUT2D eigenvalue weighted by Crippen LogP contribution is -2.54. The number of carboxylic acid groups (broad SMARTS) is 1.